The molecule has 0 aromatic heterocycles. The van der Waals surface area contributed by atoms with Gasteiger partial charge in [0.05, 0.1) is 0 Å². The second-order valence-corrected chi connectivity index (χ2v) is 8.20. The van der Waals surface area contributed by atoms with Gasteiger partial charge in [-0.2, -0.15) is 0 Å². The molecule has 6 heteroatoms. The predicted octanol–water partition coefficient (Wildman–Crippen LogP) is 2.91. The number of likely N-dealkylation sites (N-methyl/N-ethyl adjacent to an activating group) is 1. The zero-order valence-electron chi connectivity index (χ0n) is 17.5. The molecule has 154 valence electrons. The van der Waals surface area contributed by atoms with Gasteiger partial charge in [-0.05, 0) is 50.1 Å². The molecule has 1 aliphatic carbocycles. The molecule has 1 saturated heterocycles. The number of anilines is 2. The topological polar surface area (TPSA) is 64.7 Å². The molecule has 0 radical (unpaired) electrons. The van der Waals surface area contributed by atoms with Crippen molar-refractivity contribution >= 4 is 23.2 Å². The maximum atomic E-state index is 13.1. The number of carbonyl (C=O) groups is 2. The molecule has 0 bridgehead atoms. The molecule has 3 rings (SSSR count). The summed E-state index contributed by atoms with van der Waals surface area (Å²) in [6.07, 6.45) is 4.47. The smallest absolute Gasteiger partial charge is 0.250 e. The maximum Gasteiger partial charge on any atom is 0.250 e. The van der Waals surface area contributed by atoms with Gasteiger partial charge in [-0.25, -0.2) is 0 Å². The van der Waals surface area contributed by atoms with E-state index in [0.29, 0.717) is 12.8 Å². The summed E-state index contributed by atoms with van der Waals surface area (Å²) >= 11 is 0. The van der Waals surface area contributed by atoms with E-state index in [4.69, 9.17) is 0 Å². The average Bonchev–Trinajstić information content (AvgIpc) is 2.69. The minimum absolute atomic E-state index is 0.0881. The molecule has 1 saturated carbocycles. The van der Waals surface area contributed by atoms with Crippen molar-refractivity contribution in [1.29, 1.82) is 0 Å². The normalized spacial score (nSPS) is 19.9. The lowest BCUT2D eigenvalue weighted by atomic mass is 9.80. The first kappa shape index (κ1) is 20.6. The number of nitrogens with zero attached hydrogens (tertiary/aromatic N) is 2. The van der Waals surface area contributed by atoms with Crippen LogP contribution in [-0.2, 0) is 9.59 Å². The SMILES string of the molecule is CCN1CCN(c2ccc(NC(=O)C3(NC(C)=O)CCCCC3)c(C)c2)CC1. The Labute approximate surface area is 168 Å². The van der Waals surface area contributed by atoms with Crippen LogP contribution in [-0.4, -0.2) is 55.0 Å². The summed E-state index contributed by atoms with van der Waals surface area (Å²) in [6.45, 7) is 11.1. The average molecular weight is 387 g/mol. The fourth-order valence-corrected chi connectivity index (χ4v) is 4.45. The highest BCUT2D eigenvalue weighted by atomic mass is 16.2. The van der Waals surface area contributed by atoms with Crippen LogP contribution in [0.25, 0.3) is 0 Å². The first-order valence-corrected chi connectivity index (χ1v) is 10.6. The van der Waals surface area contributed by atoms with Crippen molar-refractivity contribution in [3.05, 3.63) is 23.8 Å². The number of nitrogens with one attached hydrogen (secondary N) is 2. The molecule has 1 heterocycles. The van der Waals surface area contributed by atoms with E-state index in [0.717, 1.165) is 63.2 Å². The highest BCUT2D eigenvalue weighted by Gasteiger charge is 2.40. The predicted molar refractivity (Wildman–Crippen MR) is 114 cm³/mol. The number of hydrogen-bond acceptors (Lipinski definition) is 4. The van der Waals surface area contributed by atoms with Crippen LogP contribution < -0.4 is 15.5 Å². The largest absolute Gasteiger partial charge is 0.369 e. The van der Waals surface area contributed by atoms with Gasteiger partial charge < -0.3 is 20.4 Å². The summed E-state index contributed by atoms with van der Waals surface area (Å²) in [5.74, 6) is -0.231. The Kier molecular flexibility index (Phi) is 6.60. The third kappa shape index (κ3) is 4.66. The molecule has 1 aliphatic heterocycles. The number of piperazine rings is 1. The fourth-order valence-electron chi connectivity index (χ4n) is 4.45. The van der Waals surface area contributed by atoms with E-state index in [9.17, 15) is 9.59 Å². The molecule has 0 atom stereocenters. The van der Waals surface area contributed by atoms with E-state index in [2.05, 4.69) is 39.5 Å². The lowest BCUT2D eigenvalue weighted by Gasteiger charge is -2.37. The van der Waals surface area contributed by atoms with Crippen LogP contribution in [0.4, 0.5) is 11.4 Å². The summed E-state index contributed by atoms with van der Waals surface area (Å²) in [5.41, 5.74) is 2.32. The number of amides is 2. The Hall–Kier alpha value is -2.08. The van der Waals surface area contributed by atoms with Crippen molar-refractivity contribution in [2.45, 2.75) is 58.4 Å². The van der Waals surface area contributed by atoms with E-state index >= 15 is 0 Å². The third-order valence-electron chi connectivity index (χ3n) is 6.20. The van der Waals surface area contributed by atoms with Gasteiger partial charge in [0.2, 0.25) is 11.8 Å². The molecule has 1 aromatic carbocycles. The van der Waals surface area contributed by atoms with E-state index in [-0.39, 0.29) is 11.8 Å². The summed E-state index contributed by atoms with van der Waals surface area (Å²) in [5, 5.41) is 6.04. The van der Waals surface area contributed by atoms with Crippen molar-refractivity contribution in [2.24, 2.45) is 0 Å². The second-order valence-electron chi connectivity index (χ2n) is 8.20. The summed E-state index contributed by atoms with van der Waals surface area (Å²) in [7, 11) is 0. The Morgan fingerprint density at radius 2 is 1.75 bits per heavy atom. The Balaban J connectivity index is 1.70. The number of aryl methyl sites for hydroxylation is 1. The van der Waals surface area contributed by atoms with Crippen molar-refractivity contribution < 1.29 is 9.59 Å². The number of rotatable bonds is 5. The summed E-state index contributed by atoms with van der Waals surface area (Å²) in [4.78, 5) is 29.7. The minimum Gasteiger partial charge on any atom is -0.369 e. The lowest BCUT2D eigenvalue weighted by Crippen LogP contribution is -2.57. The summed E-state index contributed by atoms with van der Waals surface area (Å²) in [6, 6.07) is 6.25. The first-order chi connectivity index (χ1) is 13.4. The van der Waals surface area contributed by atoms with E-state index in [1.807, 2.05) is 13.0 Å². The Bertz CT molecular complexity index is 704. The molecule has 2 fully saturated rings. The molecular formula is C22H34N4O2. The highest BCUT2D eigenvalue weighted by Crippen LogP contribution is 2.31. The first-order valence-electron chi connectivity index (χ1n) is 10.6. The molecule has 1 aromatic rings. The van der Waals surface area contributed by atoms with Crippen LogP contribution in [0, 0.1) is 6.92 Å². The van der Waals surface area contributed by atoms with Gasteiger partial charge in [0, 0.05) is 44.5 Å². The Morgan fingerprint density at radius 1 is 1.07 bits per heavy atom. The second kappa shape index (κ2) is 8.95. The zero-order chi connectivity index (χ0) is 20.1. The van der Waals surface area contributed by atoms with Gasteiger partial charge in [0.25, 0.3) is 0 Å². The third-order valence-corrected chi connectivity index (χ3v) is 6.20. The van der Waals surface area contributed by atoms with Crippen LogP contribution in [0.3, 0.4) is 0 Å². The molecule has 6 nitrogen and oxygen atoms in total. The van der Waals surface area contributed by atoms with Gasteiger partial charge in [0.1, 0.15) is 5.54 Å². The molecule has 2 aliphatic rings. The van der Waals surface area contributed by atoms with E-state index < -0.39 is 5.54 Å². The van der Waals surface area contributed by atoms with Gasteiger partial charge in [0.15, 0.2) is 0 Å². The van der Waals surface area contributed by atoms with Crippen molar-refractivity contribution in [3.8, 4) is 0 Å². The van der Waals surface area contributed by atoms with E-state index in [1.54, 1.807) is 0 Å². The monoisotopic (exact) mass is 386 g/mol. The molecule has 2 N–H and O–H groups in total. The van der Waals surface area contributed by atoms with Gasteiger partial charge >= 0.3 is 0 Å². The van der Waals surface area contributed by atoms with Crippen molar-refractivity contribution in [1.82, 2.24) is 10.2 Å². The van der Waals surface area contributed by atoms with Gasteiger partial charge in [-0.1, -0.05) is 26.2 Å². The molecule has 0 spiro atoms. The molecule has 2 amide bonds. The van der Waals surface area contributed by atoms with Crippen LogP contribution in [0.5, 0.6) is 0 Å². The van der Waals surface area contributed by atoms with Crippen LogP contribution in [0.2, 0.25) is 0 Å². The molecule has 0 unspecified atom stereocenters. The van der Waals surface area contributed by atoms with Gasteiger partial charge in [-0.3, -0.25) is 9.59 Å². The number of hydrogen-bond donors (Lipinski definition) is 2. The lowest BCUT2D eigenvalue weighted by molar-refractivity contribution is -0.130. The minimum atomic E-state index is -0.772. The van der Waals surface area contributed by atoms with E-state index in [1.165, 1.54) is 12.6 Å². The van der Waals surface area contributed by atoms with Crippen molar-refractivity contribution in [3.63, 3.8) is 0 Å². The standard InChI is InChI=1S/C22H34N4O2/c1-4-25-12-14-26(15-13-25)19-8-9-20(17(2)16-19)23-21(28)22(24-18(3)27)10-6-5-7-11-22/h8-9,16H,4-7,10-15H2,1-3H3,(H,23,28)(H,24,27). The van der Waals surface area contributed by atoms with Crippen LogP contribution in [0.15, 0.2) is 18.2 Å². The van der Waals surface area contributed by atoms with Crippen molar-refractivity contribution in [2.75, 3.05) is 42.9 Å². The quantitative estimate of drug-likeness (QED) is 0.817. The van der Waals surface area contributed by atoms with Crippen LogP contribution in [0.1, 0.15) is 51.5 Å². The molecular weight excluding hydrogens is 352 g/mol. The maximum absolute atomic E-state index is 13.1. The fraction of sp³-hybridized carbons (Fsp3) is 0.636. The number of carbonyl (C=O) groups excluding carboxylic acids is 2. The summed E-state index contributed by atoms with van der Waals surface area (Å²) < 4.78 is 0. The Morgan fingerprint density at radius 3 is 2.32 bits per heavy atom. The molecule has 28 heavy (non-hydrogen) atoms. The zero-order valence-corrected chi connectivity index (χ0v) is 17.5. The number of benzene rings is 1. The highest BCUT2D eigenvalue weighted by molar-refractivity contribution is 6.01. The van der Waals surface area contributed by atoms with Gasteiger partial charge in [-0.15, -0.1) is 0 Å². The van der Waals surface area contributed by atoms with Crippen LogP contribution >= 0.6 is 0 Å².